The average Bonchev–Trinajstić information content (AvgIpc) is 2.76. The number of nitrogens with zero attached hydrogens (tertiary/aromatic N) is 1. The van der Waals surface area contributed by atoms with Crippen LogP contribution in [0.15, 0.2) is 0 Å². The van der Waals surface area contributed by atoms with E-state index in [9.17, 15) is 18.0 Å². The second-order valence-electron chi connectivity index (χ2n) is 5.37. The number of halogens is 3. The quantitative estimate of drug-likeness (QED) is 0.809. The molecule has 2 N–H and O–H groups in total. The molecule has 0 aromatic heterocycles. The molecule has 1 rings (SSSR count). The minimum absolute atomic E-state index is 0.190. The SMILES string of the molecule is CC(C)CN(CC1CCCN1)C(=O)NCC(F)(F)F. The van der Waals surface area contributed by atoms with E-state index in [1.807, 2.05) is 19.2 Å². The first-order valence-corrected chi connectivity index (χ1v) is 6.61. The average molecular weight is 281 g/mol. The minimum atomic E-state index is -4.37. The molecule has 0 aliphatic carbocycles. The van der Waals surface area contributed by atoms with Gasteiger partial charge in [0, 0.05) is 19.1 Å². The largest absolute Gasteiger partial charge is 0.405 e. The summed E-state index contributed by atoms with van der Waals surface area (Å²) in [6, 6.07) is -0.449. The van der Waals surface area contributed by atoms with Crippen molar-refractivity contribution in [3.8, 4) is 0 Å². The van der Waals surface area contributed by atoms with E-state index < -0.39 is 18.8 Å². The molecule has 112 valence electrons. The number of nitrogens with one attached hydrogen (secondary N) is 2. The normalized spacial score (nSPS) is 19.8. The summed E-state index contributed by atoms with van der Waals surface area (Å²) in [4.78, 5) is 13.3. The van der Waals surface area contributed by atoms with E-state index in [2.05, 4.69) is 5.32 Å². The van der Waals surface area contributed by atoms with Crippen molar-refractivity contribution in [3.05, 3.63) is 0 Å². The molecule has 7 heteroatoms. The molecule has 1 aliphatic heterocycles. The van der Waals surface area contributed by atoms with Crippen LogP contribution in [0.1, 0.15) is 26.7 Å². The van der Waals surface area contributed by atoms with Crippen molar-refractivity contribution in [3.63, 3.8) is 0 Å². The zero-order chi connectivity index (χ0) is 14.5. The molecule has 1 atom stereocenters. The zero-order valence-corrected chi connectivity index (χ0v) is 11.4. The van der Waals surface area contributed by atoms with E-state index in [1.54, 1.807) is 0 Å². The van der Waals surface area contributed by atoms with Crippen molar-refractivity contribution < 1.29 is 18.0 Å². The van der Waals surface area contributed by atoms with Gasteiger partial charge >= 0.3 is 12.2 Å². The molecule has 1 fully saturated rings. The number of rotatable bonds is 5. The highest BCUT2D eigenvalue weighted by Crippen LogP contribution is 2.13. The standard InChI is InChI=1S/C12H22F3N3O/c1-9(2)6-18(7-10-4-3-5-16-10)11(19)17-8-12(13,14)15/h9-10,16H,3-8H2,1-2H3,(H,17,19). The van der Waals surface area contributed by atoms with Crippen molar-refractivity contribution in [2.24, 2.45) is 5.92 Å². The van der Waals surface area contributed by atoms with Gasteiger partial charge in [0.2, 0.25) is 0 Å². The maximum atomic E-state index is 12.1. The van der Waals surface area contributed by atoms with Crippen LogP contribution in [-0.4, -0.2) is 49.3 Å². The van der Waals surface area contributed by atoms with Crippen LogP contribution in [0.4, 0.5) is 18.0 Å². The van der Waals surface area contributed by atoms with Crippen LogP contribution in [0.2, 0.25) is 0 Å². The maximum absolute atomic E-state index is 12.1. The Morgan fingerprint density at radius 2 is 2.16 bits per heavy atom. The molecule has 2 amide bonds. The molecule has 0 saturated carbocycles. The first-order valence-electron chi connectivity index (χ1n) is 6.61. The number of hydrogen-bond acceptors (Lipinski definition) is 2. The van der Waals surface area contributed by atoms with Gasteiger partial charge in [-0.3, -0.25) is 0 Å². The number of amides is 2. The molecule has 1 unspecified atom stereocenters. The molecular formula is C12H22F3N3O. The van der Waals surface area contributed by atoms with Gasteiger partial charge in [0.05, 0.1) is 0 Å². The van der Waals surface area contributed by atoms with Crippen molar-refractivity contribution >= 4 is 6.03 Å². The Morgan fingerprint density at radius 3 is 2.63 bits per heavy atom. The van der Waals surface area contributed by atoms with Gasteiger partial charge in [-0.1, -0.05) is 13.8 Å². The van der Waals surface area contributed by atoms with Gasteiger partial charge in [0.25, 0.3) is 0 Å². The lowest BCUT2D eigenvalue weighted by Gasteiger charge is -2.28. The van der Waals surface area contributed by atoms with Crippen LogP contribution in [0.3, 0.4) is 0 Å². The summed E-state index contributed by atoms with van der Waals surface area (Å²) in [6.45, 7) is 4.42. The summed E-state index contributed by atoms with van der Waals surface area (Å²) in [5.74, 6) is 0.220. The van der Waals surface area contributed by atoms with Gasteiger partial charge in [-0.2, -0.15) is 13.2 Å². The van der Waals surface area contributed by atoms with Crippen LogP contribution in [0.25, 0.3) is 0 Å². The second kappa shape index (κ2) is 6.98. The summed E-state index contributed by atoms with van der Waals surface area (Å²) in [5.41, 5.74) is 0. The molecule has 19 heavy (non-hydrogen) atoms. The fourth-order valence-corrected chi connectivity index (χ4v) is 2.15. The van der Waals surface area contributed by atoms with Gasteiger partial charge in [-0.25, -0.2) is 4.79 Å². The van der Waals surface area contributed by atoms with E-state index in [-0.39, 0.29) is 12.0 Å². The van der Waals surface area contributed by atoms with Gasteiger partial charge in [-0.15, -0.1) is 0 Å². The van der Waals surface area contributed by atoms with Crippen LogP contribution in [0.5, 0.6) is 0 Å². The van der Waals surface area contributed by atoms with Gasteiger partial charge < -0.3 is 15.5 Å². The Balaban J connectivity index is 2.49. The first kappa shape index (κ1) is 16.1. The van der Waals surface area contributed by atoms with Gasteiger partial charge in [0.1, 0.15) is 6.54 Å². The molecule has 0 bridgehead atoms. The van der Waals surface area contributed by atoms with E-state index in [1.165, 1.54) is 4.90 Å². The van der Waals surface area contributed by atoms with Crippen molar-refractivity contribution in [2.75, 3.05) is 26.2 Å². The lowest BCUT2D eigenvalue weighted by molar-refractivity contribution is -0.123. The van der Waals surface area contributed by atoms with Crippen molar-refractivity contribution in [1.82, 2.24) is 15.5 Å². The van der Waals surface area contributed by atoms with Crippen LogP contribution >= 0.6 is 0 Å². The number of carbonyl (C=O) groups excluding carboxylic acids is 1. The molecule has 0 spiro atoms. The minimum Gasteiger partial charge on any atom is -0.329 e. The number of hydrogen-bond donors (Lipinski definition) is 2. The van der Waals surface area contributed by atoms with Crippen molar-refractivity contribution in [1.29, 1.82) is 0 Å². The third-order valence-electron chi connectivity index (χ3n) is 2.92. The molecule has 4 nitrogen and oxygen atoms in total. The topological polar surface area (TPSA) is 44.4 Å². The van der Waals surface area contributed by atoms with E-state index in [0.29, 0.717) is 13.1 Å². The molecule has 1 saturated heterocycles. The van der Waals surface area contributed by atoms with Crippen LogP contribution < -0.4 is 10.6 Å². The highest BCUT2D eigenvalue weighted by Gasteiger charge is 2.29. The lowest BCUT2D eigenvalue weighted by Crippen LogP contribution is -2.49. The predicted molar refractivity (Wildman–Crippen MR) is 66.9 cm³/mol. The maximum Gasteiger partial charge on any atom is 0.405 e. The monoisotopic (exact) mass is 281 g/mol. The third kappa shape index (κ3) is 6.66. The Kier molecular flexibility index (Phi) is 5.90. The Bertz CT molecular complexity index is 288. The first-order chi connectivity index (χ1) is 8.78. The molecule has 1 aliphatic rings. The Morgan fingerprint density at radius 1 is 1.47 bits per heavy atom. The Hall–Kier alpha value is -0.980. The Labute approximate surface area is 111 Å². The molecule has 0 radical (unpaired) electrons. The summed E-state index contributed by atoms with van der Waals surface area (Å²) in [7, 11) is 0. The molecule has 0 aromatic carbocycles. The van der Waals surface area contributed by atoms with E-state index >= 15 is 0 Å². The second-order valence-corrected chi connectivity index (χ2v) is 5.37. The van der Waals surface area contributed by atoms with Gasteiger partial charge in [-0.05, 0) is 25.3 Å². The predicted octanol–water partition coefficient (Wildman–Crippen LogP) is 1.97. The fourth-order valence-electron chi connectivity index (χ4n) is 2.15. The highest BCUT2D eigenvalue weighted by molar-refractivity contribution is 5.74. The highest BCUT2D eigenvalue weighted by atomic mass is 19.4. The fraction of sp³-hybridized carbons (Fsp3) is 0.917. The zero-order valence-electron chi connectivity index (χ0n) is 11.4. The lowest BCUT2D eigenvalue weighted by atomic mass is 10.1. The summed E-state index contributed by atoms with van der Waals surface area (Å²) >= 11 is 0. The van der Waals surface area contributed by atoms with Crippen molar-refractivity contribution in [2.45, 2.75) is 38.9 Å². The summed E-state index contributed by atoms with van der Waals surface area (Å²) < 4.78 is 36.3. The van der Waals surface area contributed by atoms with E-state index in [0.717, 1.165) is 19.4 Å². The third-order valence-corrected chi connectivity index (χ3v) is 2.92. The molecule has 1 heterocycles. The molecule has 0 aromatic rings. The van der Waals surface area contributed by atoms with Crippen LogP contribution in [0, 0.1) is 5.92 Å². The number of urea groups is 1. The smallest absolute Gasteiger partial charge is 0.329 e. The summed E-state index contributed by atoms with van der Waals surface area (Å²) in [5, 5.41) is 5.18. The molecular weight excluding hydrogens is 259 g/mol. The van der Waals surface area contributed by atoms with Gasteiger partial charge in [0.15, 0.2) is 0 Å². The van der Waals surface area contributed by atoms with E-state index in [4.69, 9.17) is 0 Å². The summed E-state index contributed by atoms with van der Waals surface area (Å²) in [6.07, 6.45) is -2.36. The van der Waals surface area contributed by atoms with Crippen LogP contribution in [-0.2, 0) is 0 Å². The number of carbonyl (C=O) groups is 1. The number of alkyl halides is 3.